The molecule has 8 nitrogen and oxygen atoms in total. The molecule has 1 aromatic carbocycles. The lowest BCUT2D eigenvalue weighted by molar-refractivity contribution is -0.0987. The monoisotopic (exact) mass is 723 g/mol. The fraction of sp³-hybridized carbons (Fsp3) is 0.591. The molecule has 1 fully saturated rings. The molecule has 0 bridgehead atoms. The number of hydrogen-bond donors (Lipinski definition) is 1. The predicted molar refractivity (Wildman–Crippen MR) is 225 cm³/mol. The second kappa shape index (κ2) is 28.0. The lowest BCUT2D eigenvalue weighted by Gasteiger charge is -2.31. The molecule has 294 valence electrons. The van der Waals surface area contributed by atoms with Crippen molar-refractivity contribution in [3.05, 3.63) is 70.2 Å². The average Bonchev–Trinajstić information content (AvgIpc) is 3.46. The second-order valence-corrected chi connectivity index (χ2v) is 14.5. The Balaban J connectivity index is 0. The van der Waals surface area contributed by atoms with E-state index in [0.717, 1.165) is 86.8 Å². The summed E-state index contributed by atoms with van der Waals surface area (Å²) in [4.78, 5) is 39.1. The van der Waals surface area contributed by atoms with E-state index in [-0.39, 0.29) is 17.2 Å². The van der Waals surface area contributed by atoms with Crippen LogP contribution in [0.15, 0.2) is 51.6 Å². The molecule has 0 amide bonds. The van der Waals surface area contributed by atoms with Gasteiger partial charge >= 0.3 is 0 Å². The maximum Gasteiger partial charge on any atom is 0.165 e. The number of para-hydroxylation sites is 1. The number of ketones is 1. The molecule has 1 aliphatic rings. The summed E-state index contributed by atoms with van der Waals surface area (Å²) < 4.78 is 5.49. The molecule has 3 rings (SSSR count). The highest BCUT2D eigenvalue weighted by Gasteiger charge is 2.25. The number of anilines is 1. The number of furan rings is 1. The summed E-state index contributed by atoms with van der Waals surface area (Å²) >= 11 is 0. The van der Waals surface area contributed by atoms with Crippen LogP contribution in [-0.2, 0) is 9.59 Å². The molecule has 8 heteroatoms. The number of nitrogens with zero attached hydrogens (tertiary/aromatic N) is 3. The number of likely N-dealkylation sites (N-methyl/N-ethyl adjacent to an activating group) is 1. The fourth-order valence-corrected chi connectivity index (χ4v) is 5.58. The van der Waals surface area contributed by atoms with Crippen LogP contribution in [0.1, 0.15) is 135 Å². The first-order valence-corrected chi connectivity index (χ1v) is 18.9. The first-order valence-electron chi connectivity index (χ1n) is 18.9. The summed E-state index contributed by atoms with van der Waals surface area (Å²) in [7, 11) is 2.18. The van der Waals surface area contributed by atoms with E-state index in [4.69, 9.17) is 19.0 Å². The van der Waals surface area contributed by atoms with Crippen LogP contribution in [0.4, 0.5) is 5.69 Å². The summed E-state index contributed by atoms with van der Waals surface area (Å²) in [6.45, 7) is 37.6. The molecule has 0 aliphatic carbocycles. The number of unbranched alkanes of at least 4 members (excludes halogenated alkanes) is 1. The van der Waals surface area contributed by atoms with Gasteiger partial charge in [-0.05, 0) is 97.0 Å². The van der Waals surface area contributed by atoms with Crippen molar-refractivity contribution in [2.75, 3.05) is 51.6 Å². The summed E-state index contributed by atoms with van der Waals surface area (Å²) in [5.74, 6) is 1.22. The van der Waals surface area contributed by atoms with Crippen molar-refractivity contribution in [3.63, 3.8) is 0 Å². The highest BCUT2D eigenvalue weighted by atomic mass is 16.3. The normalized spacial score (nSPS) is 13.6. The Labute approximate surface area is 318 Å². The van der Waals surface area contributed by atoms with Crippen LogP contribution in [0.25, 0.3) is 5.57 Å². The molecule has 1 N–H and O–H groups in total. The van der Waals surface area contributed by atoms with E-state index in [0.29, 0.717) is 6.42 Å². The second-order valence-electron chi connectivity index (χ2n) is 14.5. The van der Waals surface area contributed by atoms with Crippen LogP contribution in [0.5, 0.6) is 0 Å². The molecular formula is C44H74N4O4. The van der Waals surface area contributed by atoms with Gasteiger partial charge < -0.3 is 24.2 Å². The Hall–Kier alpha value is -3.62. The van der Waals surface area contributed by atoms with Crippen molar-refractivity contribution in [1.29, 1.82) is 0 Å². The molecule has 2 aromatic rings. The number of carbonyl (C=O) groups is 3. The lowest BCUT2D eigenvalue weighted by Crippen LogP contribution is -2.45. The number of nitrogens with one attached hydrogen (secondary N) is 1. The number of carbonyl (C=O) groups excluding carboxylic acids is 3. The number of Topliss-reactive ketones (excluding diaryl/α,β-unsaturated/α-hetero) is 1. The summed E-state index contributed by atoms with van der Waals surface area (Å²) in [6.07, 6.45) is 9.99. The first kappa shape index (κ1) is 50.5. The minimum atomic E-state index is 0.0177. The van der Waals surface area contributed by atoms with Gasteiger partial charge in [-0.15, -0.1) is 0 Å². The van der Waals surface area contributed by atoms with Gasteiger partial charge in [0.1, 0.15) is 19.3 Å². The van der Waals surface area contributed by atoms with E-state index in [1.165, 1.54) is 22.3 Å². The van der Waals surface area contributed by atoms with Crippen molar-refractivity contribution < 1.29 is 18.8 Å². The minimum absolute atomic E-state index is 0.0177. The smallest absolute Gasteiger partial charge is 0.165 e. The third-order valence-corrected chi connectivity index (χ3v) is 8.71. The zero-order valence-electron chi connectivity index (χ0n) is 35.5. The lowest BCUT2D eigenvalue weighted by atomic mass is 9.80. The van der Waals surface area contributed by atoms with Gasteiger partial charge in [0.25, 0.3) is 0 Å². The standard InChI is InChI=1S/C27H46N4O.C13H18O.C2H6.2CH2O/c1-8-9-13-27(5,6)20-25(32)24-12-10-11-23(26(24)29-21(2)3)22(4)28-14-15-31-18-16-30(7)17-19-31;1-9(2)6-7-10(3)13-12(5)11(4)8-14-13;3*1-2/h10-12,21,29H,8-9,13-20H2,1-7H3;6-8H,1-5H3;1-2H3;2*1H2/b;10-7+;;;. The minimum Gasteiger partial charge on any atom is -0.464 e. The van der Waals surface area contributed by atoms with Gasteiger partial charge in [-0.1, -0.05) is 77.3 Å². The van der Waals surface area contributed by atoms with E-state index < -0.39 is 0 Å². The molecule has 1 aliphatic heterocycles. The van der Waals surface area contributed by atoms with Crippen LogP contribution >= 0.6 is 0 Å². The fourth-order valence-electron chi connectivity index (χ4n) is 5.58. The molecular weight excluding hydrogens is 649 g/mol. The van der Waals surface area contributed by atoms with E-state index in [1.54, 1.807) is 0 Å². The summed E-state index contributed by atoms with van der Waals surface area (Å²) in [6, 6.07) is 6.32. The van der Waals surface area contributed by atoms with E-state index in [1.807, 2.05) is 45.8 Å². The number of aliphatic imine (C=N–C) groups is 1. The number of hydrogen-bond acceptors (Lipinski definition) is 8. The Morgan fingerprint density at radius 2 is 1.56 bits per heavy atom. The molecule has 0 radical (unpaired) electrons. The number of piperazine rings is 1. The quantitative estimate of drug-likeness (QED) is 0.118. The van der Waals surface area contributed by atoms with Gasteiger partial charge in [-0.2, -0.15) is 0 Å². The first-order chi connectivity index (χ1) is 24.6. The number of rotatable bonds is 14. The maximum atomic E-state index is 13.4. The van der Waals surface area contributed by atoms with Crippen molar-refractivity contribution in [2.45, 2.75) is 122 Å². The SMILES string of the molecule is C=O.C=O.CC.CC(C)=C/C=C(\C)c1occ(C)c1C.CCCCC(C)(C)CC(=O)c1cccc(C(C)=NCCN2CCN(C)CC2)c1NC(C)C. The molecule has 1 aromatic heterocycles. The molecule has 1 saturated heterocycles. The van der Waals surface area contributed by atoms with Gasteiger partial charge in [0, 0.05) is 62.0 Å². The Kier molecular flexibility index (Phi) is 27.1. The van der Waals surface area contributed by atoms with E-state index >= 15 is 0 Å². The Bertz CT molecular complexity index is 1370. The highest BCUT2D eigenvalue weighted by molar-refractivity contribution is 6.10. The van der Waals surface area contributed by atoms with E-state index in [9.17, 15) is 4.79 Å². The predicted octanol–water partition coefficient (Wildman–Crippen LogP) is 10.3. The van der Waals surface area contributed by atoms with Gasteiger partial charge in [0.2, 0.25) is 0 Å². The molecule has 0 atom stereocenters. The topological polar surface area (TPSA) is 95.2 Å². The number of aryl methyl sites for hydroxylation is 1. The molecule has 2 heterocycles. The van der Waals surface area contributed by atoms with E-state index in [2.05, 4.69) is 117 Å². The van der Waals surface area contributed by atoms with Crippen LogP contribution in [0.2, 0.25) is 0 Å². The van der Waals surface area contributed by atoms with Crippen molar-refractivity contribution in [2.24, 2.45) is 10.4 Å². The van der Waals surface area contributed by atoms with Crippen molar-refractivity contribution in [1.82, 2.24) is 9.80 Å². The number of benzene rings is 1. The zero-order valence-corrected chi connectivity index (χ0v) is 35.5. The largest absolute Gasteiger partial charge is 0.464 e. The Morgan fingerprint density at radius 3 is 2.06 bits per heavy atom. The van der Waals surface area contributed by atoms with Crippen LogP contribution in [0, 0.1) is 19.3 Å². The molecule has 52 heavy (non-hydrogen) atoms. The summed E-state index contributed by atoms with van der Waals surface area (Å²) in [5.41, 5.74) is 8.74. The van der Waals surface area contributed by atoms with Crippen molar-refractivity contribution >= 4 is 36.3 Å². The van der Waals surface area contributed by atoms with Gasteiger partial charge in [0.05, 0.1) is 18.5 Å². The zero-order chi connectivity index (χ0) is 40.4. The van der Waals surface area contributed by atoms with Gasteiger partial charge in [-0.3, -0.25) is 14.7 Å². The summed E-state index contributed by atoms with van der Waals surface area (Å²) in [5, 5.41) is 3.56. The van der Waals surface area contributed by atoms with Gasteiger partial charge in [0.15, 0.2) is 5.78 Å². The van der Waals surface area contributed by atoms with Crippen LogP contribution in [-0.4, -0.2) is 87.2 Å². The third kappa shape index (κ3) is 19.3. The molecule has 0 saturated carbocycles. The van der Waals surface area contributed by atoms with Crippen LogP contribution in [0.3, 0.4) is 0 Å². The number of allylic oxidation sites excluding steroid dienone is 4. The average molecular weight is 723 g/mol. The Morgan fingerprint density at radius 1 is 0.981 bits per heavy atom. The highest BCUT2D eigenvalue weighted by Crippen LogP contribution is 2.32. The van der Waals surface area contributed by atoms with Crippen LogP contribution < -0.4 is 5.32 Å². The molecule has 0 spiro atoms. The molecule has 0 unspecified atom stereocenters. The maximum absolute atomic E-state index is 13.4. The van der Waals surface area contributed by atoms with Gasteiger partial charge in [-0.25, -0.2) is 0 Å². The van der Waals surface area contributed by atoms with Crippen molar-refractivity contribution in [3.8, 4) is 0 Å². The third-order valence-electron chi connectivity index (χ3n) is 8.71.